The first-order valence-corrected chi connectivity index (χ1v) is 6.22. The van der Waals surface area contributed by atoms with Gasteiger partial charge in [-0.25, -0.2) is 4.79 Å². The van der Waals surface area contributed by atoms with Crippen molar-refractivity contribution in [3.63, 3.8) is 0 Å². The monoisotopic (exact) mass is 288 g/mol. The molecule has 114 valence electrons. The molecule has 0 bridgehead atoms. The van der Waals surface area contributed by atoms with E-state index in [1.807, 2.05) is 0 Å². The summed E-state index contributed by atoms with van der Waals surface area (Å²) in [7, 11) is 0. The van der Waals surface area contributed by atoms with Crippen molar-refractivity contribution in [1.29, 1.82) is 0 Å². The molecule has 1 amide bonds. The maximum atomic E-state index is 11.2. The van der Waals surface area contributed by atoms with E-state index in [9.17, 15) is 14.7 Å². The lowest BCUT2D eigenvalue weighted by molar-refractivity contribution is -0.133. The zero-order chi connectivity index (χ0) is 15.3. The molecule has 0 radical (unpaired) electrons. The van der Waals surface area contributed by atoms with Crippen molar-refractivity contribution >= 4 is 11.9 Å². The molecule has 1 aliphatic carbocycles. The number of hydrogen-bond donors (Lipinski definition) is 5. The van der Waals surface area contributed by atoms with Crippen LogP contribution >= 0.6 is 0 Å². The van der Waals surface area contributed by atoms with Gasteiger partial charge in [0.15, 0.2) is 0 Å². The highest BCUT2D eigenvalue weighted by atomic mass is 16.5. The maximum Gasteiger partial charge on any atom is 0.331 e. The molecule has 0 saturated heterocycles. The lowest BCUT2D eigenvalue weighted by atomic mass is 9.88. The number of aliphatic hydroxyl groups excluding tert-OH is 2. The normalized spacial score (nSPS) is 27.6. The molecule has 0 aromatic rings. The standard InChI is InChI=1S/C12H20N2O6/c1-6(16)14-11-9(13)2-7(12(18)19)3-10(11)20-5-8(17)4-15/h3,8-11,15,17H,2,4-5,13H2,1H3,(H,14,16)(H,18,19)/t8?,9-,10+,11+/m0/s1. The molecule has 0 aromatic carbocycles. The first-order chi connectivity index (χ1) is 9.35. The van der Waals surface area contributed by atoms with Gasteiger partial charge >= 0.3 is 5.97 Å². The highest BCUT2D eigenvalue weighted by Gasteiger charge is 2.34. The number of carbonyl (C=O) groups excluding carboxylic acids is 1. The van der Waals surface area contributed by atoms with E-state index in [4.69, 9.17) is 20.7 Å². The average Bonchev–Trinajstić information content (AvgIpc) is 2.38. The quantitative estimate of drug-likeness (QED) is 0.379. The molecule has 8 nitrogen and oxygen atoms in total. The molecule has 8 heteroatoms. The zero-order valence-corrected chi connectivity index (χ0v) is 11.2. The lowest BCUT2D eigenvalue weighted by Crippen LogP contribution is -2.56. The molecule has 1 unspecified atom stereocenters. The van der Waals surface area contributed by atoms with Gasteiger partial charge in [-0.15, -0.1) is 0 Å². The number of aliphatic hydroxyl groups is 2. The molecule has 0 saturated carbocycles. The third-order valence-corrected chi connectivity index (χ3v) is 2.97. The van der Waals surface area contributed by atoms with Crippen LogP contribution in [0.5, 0.6) is 0 Å². The van der Waals surface area contributed by atoms with E-state index in [0.29, 0.717) is 0 Å². The van der Waals surface area contributed by atoms with Crippen LogP contribution in [0.1, 0.15) is 13.3 Å². The maximum absolute atomic E-state index is 11.2. The second kappa shape index (κ2) is 7.34. The number of amides is 1. The minimum absolute atomic E-state index is 0.0996. The van der Waals surface area contributed by atoms with E-state index < -0.39 is 36.9 Å². The molecular weight excluding hydrogens is 268 g/mol. The fraction of sp³-hybridized carbons (Fsp3) is 0.667. The number of nitrogens with two attached hydrogens (primary N) is 1. The average molecular weight is 288 g/mol. The minimum Gasteiger partial charge on any atom is -0.478 e. The van der Waals surface area contributed by atoms with Crippen LogP contribution in [0.25, 0.3) is 0 Å². The van der Waals surface area contributed by atoms with Crippen molar-refractivity contribution in [2.24, 2.45) is 5.73 Å². The Morgan fingerprint density at radius 1 is 1.60 bits per heavy atom. The highest BCUT2D eigenvalue weighted by molar-refractivity contribution is 5.87. The van der Waals surface area contributed by atoms with Crippen LogP contribution in [0.3, 0.4) is 0 Å². The van der Waals surface area contributed by atoms with Crippen molar-refractivity contribution in [3.8, 4) is 0 Å². The van der Waals surface area contributed by atoms with Crippen LogP contribution < -0.4 is 11.1 Å². The molecule has 0 spiro atoms. The second-order valence-corrected chi connectivity index (χ2v) is 4.73. The van der Waals surface area contributed by atoms with E-state index in [0.717, 1.165) is 0 Å². The molecule has 1 aliphatic rings. The van der Waals surface area contributed by atoms with Crippen LogP contribution in [0.2, 0.25) is 0 Å². The van der Waals surface area contributed by atoms with Crippen LogP contribution in [0.4, 0.5) is 0 Å². The number of aliphatic carboxylic acids is 1. The summed E-state index contributed by atoms with van der Waals surface area (Å²) >= 11 is 0. The summed E-state index contributed by atoms with van der Waals surface area (Å²) in [6.45, 7) is 0.662. The van der Waals surface area contributed by atoms with Crippen LogP contribution in [0.15, 0.2) is 11.6 Å². The van der Waals surface area contributed by atoms with E-state index in [1.165, 1.54) is 13.0 Å². The van der Waals surface area contributed by atoms with Crippen molar-refractivity contribution in [2.45, 2.75) is 37.6 Å². The summed E-state index contributed by atoms with van der Waals surface area (Å²) in [4.78, 5) is 22.2. The van der Waals surface area contributed by atoms with Crippen molar-refractivity contribution in [2.75, 3.05) is 13.2 Å². The number of ether oxygens (including phenoxy) is 1. The Balaban J connectivity index is 2.85. The van der Waals surface area contributed by atoms with Gasteiger partial charge in [0.25, 0.3) is 0 Å². The van der Waals surface area contributed by atoms with Gasteiger partial charge in [0, 0.05) is 18.5 Å². The fourth-order valence-electron chi connectivity index (χ4n) is 2.00. The predicted molar refractivity (Wildman–Crippen MR) is 68.7 cm³/mol. The number of carbonyl (C=O) groups is 2. The van der Waals surface area contributed by atoms with Crippen molar-refractivity contribution < 1.29 is 29.6 Å². The lowest BCUT2D eigenvalue weighted by Gasteiger charge is -2.34. The Kier molecular flexibility index (Phi) is 6.08. The first-order valence-electron chi connectivity index (χ1n) is 6.22. The summed E-state index contributed by atoms with van der Waals surface area (Å²) in [5.74, 6) is -1.41. The van der Waals surface area contributed by atoms with Gasteiger partial charge in [-0.2, -0.15) is 0 Å². The van der Waals surface area contributed by atoms with Gasteiger partial charge in [-0.3, -0.25) is 4.79 Å². The minimum atomic E-state index is -1.10. The Morgan fingerprint density at radius 2 is 2.25 bits per heavy atom. The van der Waals surface area contributed by atoms with E-state index in [1.54, 1.807) is 0 Å². The van der Waals surface area contributed by atoms with E-state index in [-0.39, 0.29) is 24.5 Å². The van der Waals surface area contributed by atoms with Gasteiger partial charge < -0.3 is 31.1 Å². The smallest absolute Gasteiger partial charge is 0.331 e. The molecule has 1 rings (SSSR count). The van der Waals surface area contributed by atoms with Gasteiger partial charge in [-0.1, -0.05) is 0 Å². The van der Waals surface area contributed by atoms with Gasteiger partial charge in [0.1, 0.15) is 6.10 Å². The van der Waals surface area contributed by atoms with Crippen molar-refractivity contribution in [1.82, 2.24) is 5.32 Å². The molecule has 20 heavy (non-hydrogen) atoms. The zero-order valence-electron chi connectivity index (χ0n) is 11.2. The topological polar surface area (TPSA) is 142 Å². The van der Waals surface area contributed by atoms with Gasteiger partial charge in [-0.05, 0) is 12.5 Å². The number of nitrogens with one attached hydrogen (secondary N) is 1. The highest BCUT2D eigenvalue weighted by Crippen LogP contribution is 2.21. The number of rotatable bonds is 6. The Labute approximate surface area is 116 Å². The largest absolute Gasteiger partial charge is 0.478 e. The third-order valence-electron chi connectivity index (χ3n) is 2.97. The fourth-order valence-corrected chi connectivity index (χ4v) is 2.00. The first kappa shape index (κ1) is 16.6. The number of hydrogen-bond acceptors (Lipinski definition) is 6. The van der Waals surface area contributed by atoms with E-state index >= 15 is 0 Å². The summed E-state index contributed by atoms with van der Waals surface area (Å²) in [6, 6.07) is -1.19. The van der Waals surface area contributed by atoms with Crippen LogP contribution in [0, 0.1) is 0 Å². The van der Waals surface area contributed by atoms with E-state index in [2.05, 4.69) is 5.32 Å². The Bertz CT molecular complexity index is 397. The molecule has 0 aromatic heterocycles. The summed E-state index contributed by atoms with van der Waals surface area (Å²) in [6.07, 6.45) is -0.359. The van der Waals surface area contributed by atoms with Gasteiger partial charge in [0.2, 0.25) is 5.91 Å². The molecule has 0 aliphatic heterocycles. The van der Waals surface area contributed by atoms with Crippen LogP contribution in [-0.2, 0) is 14.3 Å². The Morgan fingerprint density at radius 3 is 2.75 bits per heavy atom. The summed E-state index contributed by atoms with van der Waals surface area (Å²) in [5, 5.41) is 29.6. The SMILES string of the molecule is CC(=O)N[C@@H]1[C@@H](N)CC(C(=O)O)=C[C@H]1OCC(O)CO. The molecule has 6 N–H and O–H groups in total. The third kappa shape index (κ3) is 4.57. The Hall–Kier alpha value is -1.48. The number of carboxylic acid groups (broad SMARTS) is 1. The number of carboxylic acids is 1. The predicted octanol–water partition coefficient (Wildman–Crippen LogP) is -2.03. The second-order valence-electron chi connectivity index (χ2n) is 4.73. The van der Waals surface area contributed by atoms with Crippen molar-refractivity contribution in [3.05, 3.63) is 11.6 Å². The molecule has 0 fully saturated rings. The van der Waals surface area contributed by atoms with Gasteiger partial charge in [0.05, 0.1) is 25.4 Å². The van der Waals surface area contributed by atoms with Crippen LogP contribution in [-0.4, -0.2) is 64.7 Å². The summed E-state index contributed by atoms with van der Waals surface area (Å²) in [5.41, 5.74) is 5.97. The molecule has 4 atom stereocenters. The summed E-state index contributed by atoms with van der Waals surface area (Å²) < 4.78 is 5.36. The molecular formula is C12H20N2O6. The molecule has 0 heterocycles.